The lowest BCUT2D eigenvalue weighted by Crippen LogP contribution is -2.42. The number of likely N-dealkylation sites (tertiary alicyclic amines) is 1. The number of hydrogen-bond donors (Lipinski definition) is 8. The number of aryl methyl sites for hydroxylation is 7. The molecule has 8 N–H and O–H groups in total. The van der Waals surface area contributed by atoms with Gasteiger partial charge in [0.05, 0.1) is 130 Å². The Morgan fingerprint density at radius 3 is 1.23 bits per heavy atom. The third-order valence-electron chi connectivity index (χ3n) is 23.4. The maximum absolute atomic E-state index is 5.47. The number of hydrogen-bond acceptors (Lipinski definition) is 33. The number of ether oxygens (including phenoxy) is 1. The second kappa shape index (κ2) is 43.5. The van der Waals surface area contributed by atoms with E-state index in [-0.39, 0.29) is 5.54 Å². The van der Waals surface area contributed by atoms with E-state index >= 15 is 0 Å². The van der Waals surface area contributed by atoms with Crippen molar-refractivity contribution >= 4 is 152 Å². The van der Waals surface area contributed by atoms with E-state index in [1.165, 1.54) is 83.2 Å². The SMILES string of the molecule is CCN(Cc1cc(Nc2nc(C)cn3c(-c4cn[nH]c4)cnc23)sn1)C(C)(C)CC.CCOCCN(CC)Cc1cc(Nc2nc(C)cn3c(-c4cn[nH]c4)cnc23)sn1.CCc1cc(Nc2nc(C)cn3c(-c4ccsc4)cnc23)sn1.CCc1cc(Nc2nc(C)cn3c(-c4nccs4)cnc23)sn1.Cc1cn2c(-c3cn[nH]c3)cnc2c(Nc2ccc(CN3CCC(C)CC3)cc2)n1. The van der Waals surface area contributed by atoms with Gasteiger partial charge < -0.3 is 31.3 Å². The zero-order valence-corrected chi connectivity index (χ0v) is 83.3. The quantitative estimate of drug-likeness (QED) is 0.0187. The van der Waals surface area contributed by atoms with E-state index in [1.54, 1.807) is 47.5 Å². The topological polar surface area (TPSA) is 381 Å². The van der Waals surface area contributed by atoms with Gasteiger partial charge >= 0.3 is 0 Å². The summed E-state index contributed by atoms with van der Waals surface area (Å²) in [6.45, 7) is 39.0. The molecular formula is C95H110N34OS6. The zero-order chi connectivity index (χ0) is 94.4. The molecule has 1 aromatic carbocycles. The van der Waals surface area contributed by atoms with Gasteiger partial charge in [-0.05, 0) is 219 Å². The molecule has 1 fully saturated rings. The Balaban J connectivity index is 0.000000119. The highest BCUT2D eigenvalue weighted by Gasteiger charge is 2.27. The van der Waals surface area contributed by atoms with E-state index < -0.39 is 0 Å². The van der Waals surface area contributed by atoms with Crippen molar-refractivity contribution in [3.05, 3.63) is 233 Å². The van der Waals surface area contributed by atoms with Gasteiger partial charge in [-0.2, -0.15) is 44.1 Å². The van der Waals surface area contributed by atoms with Crippen LogP contribution in [-0.4, -0.2) is 191 Å². The number of nitrogens with zero attached hydrogens (tertiary/aromatic N) is 26. The van der Waals surface area contributed by atoms with Crippen LogP contribution in [-0.2, 0) is 37.2 Å². The minimum Gasteiger partial charge on any atom is -0.380 e. The fourth-order valence-corrected chi connectivity index (χ4v) is 19.8. The number of H-pyrrole nitrogens is 3. The van der Waals surface area contributed by atoms with E-state index in [2.05, 4.69) is 274 Å². The lowest BCUT2D eigenvalue weighted by molar-refractivity contribution is 0.112. The molecule has 21 rings (SSSR count). The van der Waals surface area contributed by atoms with Gasteiger partial charge in [0.25, 0.3) is 0 Å². The van der Waals surface area contributed by atoms with Crippen molar-refractivity contribution in [2.45, 2.75) is 154 Å². The lowest BCUT2D eigenvalue weighted by Gasteiger charge is -2.36. The summed E-state index contributed by atoms with van der Waals surface area (Å²) in [4.78, 5) is 57.8. The lowest BCUT2D eigenvalue weighted by atomic mass is 9.99. The summed E-state index contributed by atoms with van der Waals surface area (Å²) in [5.41, 5.74) is 24.4. The molecule has 1 aliphatic rings. The number of imidazole rings is 5. The van der Waals surface area contributed by atoms with Crippen molar-refractivity contribution in [3.8, 4) is 55.7 Å². The van der Waals surface area contributed by atoms with Crippen molar-refractivity contribution in [2.75, 3.05) is 72.5 Å². The maximum atomic E-state index is 5.47. The van der Waals surface area contributed by atoms with E-state index in [0.29, 0.717) is 5.82 Å². The molecule has 35 nitrogen and oxygen atoms in total. The number of likely N-dealkylation sites (N-methyl/N-ethyl adjacent to an activating group) is 1. The molecule has 20 aromatic rings. The Bertz CT molecular complexity index is 7070. The molecule has 0 unspecified atom stereocenters. The second-order valence-electron chi connectivity index (χ2n) is 33.6. The predicted molar refractivity (Wildman–Crippen MR) is 547 cm³/mol. The molecule has 0 amide bonds. The number of benzene rings is 1. The normalized spacial score (nSPS) is 12.5. The van der Waals surface area contributed by atoms with Gasteiger partial charge in [-0.3, -0.25) is 52.0 Å². The van der Waals surface area contributed by atoms with Crippen molar-refractivity contribution in [2.24, 2.45) is 5.92 Å². The average molecular weight is 1940 g/mol. The largest absolute Gasteiger partial charge is 0.380 e. The van der Waals surface area contributed by atoms with Crippen LogP contribution in [0.4, 0.5) is 54.8 Å². The Labute approximate surface area is 811 Å². The molecule has 0 atom stereocenters. The molecule has 0 saturated carbocycles. The van der Waals surface area contributed by atoms with Crippen molar-refractivity contribution in [3.63, 3.8) is 0 Å². The third kappa shape index (κ3) is 22.6. The summed E-state index contributed by atoms with van der Waals surface area (Å²) < 4.78 is 33.8. The molecule has 0 bridgehead atoms. The number of fused-ring (bicyclic) bond motifs is 5. The first-order chi connectivity index (χ1) is 66.2. The standard InChI is InChI=1S/C23H27N7.C21H28N8S.C20H26N8OS.C16H15N5S2.C15H14N6S2/c1-16-7-9-29(10-8-16)15-18-3-5-20(6-4-18)28-22-23-24-13-21(19-11-25-26-12-19)30(23)14-17(2)27-22;1-6-21(4,5)28(7-2)13-16-8-18(30-27-16)26-19-20-22-11-17(15-9-23-24-10-15)29(20)12-14(3)25-19;1-4-27(6-7-29-5-2)13-16-8-18(30-26-16)25-19-20-21-11-17(15-9-22-23-10-15)28(20)12-14(3)24-19;1-3-12-6-14(23-20-12)19-15-16-17-7-13(11-4-5-22-9-11)21(16)8-10(2)18-15;1-3-10-6-12(23-20-10)19-13-14-17-7-11(15-16-4-5-22-15)21(14)8-9(2)18-13/h3-6,11-14,16H,7-10,15H2,1-2H3,(H,25,26)(H,27,28);8-12H,6-7,13H2,1-5H3,(H,23,24)(H,25,26);8-12H,4-7,13H2,1-3H3,(H,22,23)(H,24,25);4-9H,3H2,1-2H3,(H,18,19);4-8H,3H2,1-2H3,(H,18,19). The molecule has 0 aliphatic carbocycles. The van der Waals surface area contributed by atoms with Gasteiger partial charge in [0.15, 0.2) is 57.3 Å². The van der Waals surface area contributed by atoms with Gasteiger partial charge in [-0.1, -0.05) is 53.7 Å². The molecular weight excluding hydrogens is 1830 g/mol. The summed E-state index contributed by atoms with van der Waals surface area (Å²) in [6, 6.07) is 19.1. The fourth-order valence-electron chi connectivity index (χ4n) is 15.7. The molecule has 19 aromatic heterocycles. The highest BCUT2D eigenvalue weighted by molar-refractivity contribution is 7.13. The molecule has 1 saturated heterocycles. The Kier molecular flexibility index (Phi) is 30.2. The monoisotopic (exact) mass is 1930 g/mol. The fraction of sp³-hybridized carbons (Fsp3) is 0.326. The van der Waals surface area contributed by atoms with Crippen LogP contribution >= 0.6 is 68.8 Å². The van der Waals surface area contributed by atoms with Crippen LogP contribution in [0.1, 0.15) is 138 Å². The van der Waals surface area contributed by atoms with Gasteiger partial charge in [0, 0.05) is 133 Å². The predicted octanol–water partition coefficient (Wildman–Crippen LogP) is 21.0. The molecule has 0 radical (unpaired) electrons. The molecule has 20 heterocycles. The number of thiophene rings is 1. The Morgan fingerprint density at radius 1 is 0.456 bits per heavy atom. The van der Waals surface area contributed by atoms with Crippen molar-refractivity contribution in [1.29, 1.82) is 0 Å². The third-order valence-corrected chi connectivity index (χ3v) is 27.8. The summed E-state index contributed by atoms with van der Waals surface area (Å²) >= 11 is 9.06. The number of aromatic nitrogens is 26. The first-order valence-corrected chi connectivity index (χ1v) is 50.3. The zero-order valence-electron chi connectivity index (χ0n) is 78.4. The summed E-state index contributed by atoms with van der Waals surface area (Å²) in [5.74, 6) is 4.55. The minimum absolute atomic E-state index is 0.148. The van der Waals surface area contributed by atoms with Gasteiger partial charge in [0.2, 0.25) is 0 Å². The second-order valence-corrected chi connectivity index (χ2v) is 38.5. The smallest absolute Gasteiger partial charge is 0.181 e. The molecule has 702 valence electrons. The number of piperidine rings is 1. The molecule has 1 aliphatic heterocycles. The molecule has 136 heavy (non-hydrogen) atoms. The van der Waals surface area contributed by atoms with Gasteiger partial charge in [-0.25, -0.2) is 54.8 Å². The molecule has 41 heteroatoms. The van der Waals surface area contributed by atoms with Crippen LogP contribution in [0.15, 0.2) is 176 Å². The average Bonchev–Trinajstić information content (AvgIpc) is 1.66. The van der Waals surface area contributed by atoms with Crippen LogP contribution in [0.3, 0.4) is 0 Å². The number of aromatic amines is 3. The molecule has 0 spiro atoms. The van der Waals surface area contributed by atoms with Crippen LogP contribution in [0.2, 0.25) is 0 Å². The van der Waals surface area contributed by atoms with E-state index in [0.717, 1.165) is 256 Å². The van der Waals surface area contributed by atoms with Crippen LogP contribution < -0.4 is 26.6 Å². The minimum atomic E-state index is 0.148. The number of nitrogens with one attached hydrogen (secondary N) is 8. The first kappa shape index (κ1) is 94.4. The number of thiazole rings is 1. The van der Waals surface area contributed by atoms with E-state index in [1.807, 2.05) is 141 Å². The van der Waals surface area contributed by atoms with E-state index in [9.17, 15) is 0 Å². The van der Waals surface area contributed by atoms with Crippen LogP contribution in [0.25, 0.3) is 84.0 Å². The van der Waals surface area contributed by atoms with Crippen LogP contribution in [0, 0.1) is 40.5 Å². The van der Waals surface area contributed by atoms with E-state index in [4.69, 9.17) is 4.74 Å². The van der Waals surface area contributed by atoms with Crippen LogP contribution in [0.5, 0.6) is 0 Å². The highest BCUT2D eigenvalue weighted by atomic mass is 32.1. The first-order valence-electron chi connectivity index (χ1n) is 45.4. The maximum Gasteiger partial charge on any atom is 0.181 e. The Hall–Kier alpha value is -13.4. The number of rotatable bonds is 31. The summed E-state index contributed by atoms with van der Waals surface area (Å²) in [5, 5.41) is 48.7. The van der Waals surface area contributed by atoms with Crippen molar-refractivity contribution < 1.29 is 4.74 Å². The van der Waals surface area contributed by atoms with Crippen molar-refractivity contribution in [1.82, 2.24) is 140 Å². The summed E-state index contributed by atoms with van der Waals surface area (Å²) in [6.07, 6.45) is 37.6. The highest BCUT2D eigenvalue weighted by Crippen LogP contribution is 2.36. The Morgan fingerprint density at radius 2 is 0.860 bits per heavy atom. The summed E-state index contributed by atoms with van der Waals surface area (Å²) in [7, 11) is 0. The van der Waals surface area contributed by atoms with Gasteiger partial charge in [-0.15, -0.1) is 11.3 Å². The van der Waals surface area contributed by atoms with Gasteiger partial charge in [0.1, 0.15) is 30.7 Å². The number of anilines is 10.